The molecule has 1 aromatic carbocycles. The molecule has 1 saturated carbocycles. The van der Waals surface area contributed by atoms with E-state index in [1.165, 1.54) is 17.5 Å². The summed E-state index contributed by atoms with van der Waals surface area (Å²) in [7, 11) is 0. The standard InChI is InChI=1S/C25H28F2N4O3S/c26-25(27)8-3-4-16(12-25)17(23(28)33)11-22(32)20(10-15-7-9-35-14-15)31-24(34)21-13-29-18-5-1-2-6-19(18)30-21/h1-2,5-7,9,13-14,16-17,20,22,32H,3-4,8,10-12H2,(H2,28,33)(H,31,34). The highest BCUT2D eigenvalue weighted by Crippen LogP contribution is 2.41. The fraction of sp³-hybridized carbons (Fsp3) is 0.440. The molecule has 0 aliphatic heterocycles. The molecule has 0 bridgehead atoms. The van der Waals surface area contributed by atoms with Crippen LogP contribution in [0.2, 0.25) is 0 Å². The van der Waals surface area contributed by atoms with Crippen LogP contribution in [0, 0.1) is 11.8 Å². The number of aliphatic hydroxyl groups is 1. The maximum Gasteiger partial charge on any atom is 0.271 e. The van der Waals surface area contributed by atoms with E-state index >= 15 is 0 Å². The molecule has 1 aliphatic carbocycles. The summed E-state index contributed by atoms with van der Waals surface area (Å²) in [6.07, 6.45) is 0.473. The van der Waals surface area contributed by atoms with Crippen LogP contribution >= 0.6 is 11.3 Å². The molecule has 2 heterocycles. The van der Waals surface area contributed by atoms with Gasteiger partial charge >= 0.3 is 0 Å². The molecule has 4 atom stereocenters. The number of halogens is 2. The predicted octanol–water partition coefficient (Wildman–Crippen LogP) is 3.71. The summed E-state index contributed by atoms with van der Waals surface area (Å²) in [5, 5.41) is 17.7. The molecule has 1 fully saturated rings. The van der Waals surface area contributed by atoms with Crippen molar-refractivity contribution in [2.45, 2.75) is 56.6 Å². The Bertz CT molecular complexity index is 1170. The van der Waals surface area contributed by atoms with Gasteiger partial charge in [0.15, 0.2) is 0 Å². The first-order chi connectivity index (χ1) is 16.7. The van der Waals surface area contributed by atoms with Gasteiger partial charge in [0.1, 0.15) is 5.69 Å². The Balaban J connectivity index is 1.52. The quantitative estimate of drug-likeness (QED) is 0.412. The second-order valence-corrected chi connectivity index (χ2v) is 9.96. The minimum absolute atomic E-state index is 0.0876. The minimum atomic E-state index is -2.85. The fourth-order valence-electron chi connectivity index (χ4n) is 4.77. The molecule has 2 aromatic heterocycles. The number of nitrogens with two attached hydrogens (primary N) is 1. The average molecular weight is 503 g/mol. The van der Waals surface area contributed by atoms with Crippen LogP contribution in [-0.2, 0) is 11.2 Å². The van der Waals surface area contributed by atoms with Crippen LogP contribution in [0.5, 0.6) is 0 Å². The zero-order valence-corrected chi connectivity index (χ0v) is 19.9. The molecule has 2 amide bonds. The number of primary amides is 1. The molecule has 186 valence electrons. The number of rotatable bonds is 9. The Morgan fingerprint density at radius 2 is 2.03 bits per heavy atom. The van der Waals surface area contributed by atoms with Gasteiger partial charge in [-0.05, 0) is 66.1 Å². The summed E-state index contributed by atoms with van der Waals surface area (Å²) in [5.41, 5.74) is 7.77. The zero-order valence-electron chi connectivity index (χ0n) is 19.1. The van der Waals surface area contributed by atoms with Crippen molar-refractivity contribution in [1.82, 2.24) is 15.3 Å². The average Bonchev–Trinajstić information content (AvgIpc) is 3.34. The van der Waals surface area contributed by atoms with Crippen molar-refractivity contribution >= 4 is 34.2 Å². The van der Waals surface area contributed by atoms with E-state index in [9.17, 15) is 23.5 Å². The smallest absolute Gasteiger partial charge is 0.271 e. The number of nitrogens with zero attached hydrogens (tertiary/aromatic N) is 2. The van der Waals surface area contributed by atoms with Crippen LogP contribution in [0.1, 0.15) is 48.2 Å². The van der Waals surface area contributed by atoms with Gasteiger partial charge in [-0.2, -0.15) is 11.3 Å². The molecule has 4 rings (SSSR count). The number of nitrogens with one attached hydrogen (secondary N) is 1. The van der Waals surface area contributed by atoms with Crippen molar-refractivity contribution in [3.63, 3.8) is 0 Å². The minimum Gasteiger partial charge on any atom is -0.391 e. The molecule has 3 aromatic rings. The third kappa shape index (κ3) is 6.37. The predicted molar refractivity (Wildman–Crippen MR) is 129 cm³/mol. The molecule has 10 heteroatoms. The van der Waals surface area contributed by atoms with Gasteiger partial charge in [-0.15, -0.1) is 0 Å². The number of amides is 2. The van der Waals surface area contributed by atoms with E-state index < -0.39 is 48.1 Å². The van der Waals surface area contributed by atoms with Gasteiger partial charge in [0.25, 0.3) is 5.91 Å². The summed E-state index contributed by atoms with van der Waals surface area (Å²) in [5.74, 6) is -5.62. The number of benzene rings is 1. The largest absolute Gasteiger partial charge is 0.391 e. The van der Waals surface area contributed by atoms with Gasteiger partial charge in [0.2, 0.25) is 11.8 Å². The van der Waals surface area contributed by atoms with Crippen LogP contribution in [0.4, 0.5) is 8.78 Å². The van der Waals surface area contributed by atoms with Gasteiger partial charge in [-0.25, -0.2) is 13.8 Å². The molecule has 7 nitrogen and oxygen atoms in total. The van der Waals surface area contributed by atoms with Crippen molar-refractivity contribution in [2.75, 3.05) is 0 Å². The third-order valence-electron chi connectivity index (χ3n) is 6.61. The first-order valence-electron chi connectivity index (χ1n) is 11.6. The normalized spacial score (nSPS) is 20.1. The first kappa shape index (κ1) is 25.1. The van der Waals surface area contributed by atoms with E-state index in [0.717, 1.165) is 5.56 Å². The number of alkyl halides is 2. The van der Waals surface area contributed by atoms with E-state index in [-0.39, 0.29) is 18.5 Å². The molecule has 0 saturated heterocycles. The second kappa shape index (κ2) is 10.7. The van der Waals surface area contributed by atoms with Crippen molar-refractivity contribution in [1.29, 1.82) is 0 Å². The van der Waals surface area contributed by atoms with E-state index in [0.29, 0.717) is 30.3 Å². The summed E-state index contributed by atoms with van der Waals surface area (Å²) in [6, 6.07) is 8.23. The maximum atomic E-state index is 14.0. The van der Waals surface area contributed by atoms with Crippen LogP contribution in [0.15, 0.2) is 47.3 Å². The molecule has 0 radical (unpaired) electrons. The Morgan fingerprint density at radius 3 is 2.71 bits per heavy atom. The van der Waals surface area contributed by atoms with E-state index in [1.54, 1.807) is 18.2 Å². The number of aromatic nitrogens is 2. The molecule has 0 spiro atoms. The van der Waals surface area contributed by atoms with Crippen molar-refractivity contribution in [2.24, 2.45) is 17.6 Å². The lowest BCUT2D eigenvalue weighted by Crippen LogP contribution is -2.48. The lowest BCUT2D eigenvalue weighted by molar-refractivity contribution is -0.128. The summed E-state index contributed by atoms with van der Waals surface area (Å²) >= 11 is 1.48. The highest BCUT2D eigenvalue weighted by Gasteiger charge is 2.42. The van der Waals surface area contributed by atoms with Gasteiger partial charge in [-0.3, -0.25) is 14.6 Å². The summed E-state index contributed by atoms with van der Waals surface area (Å²) < 4.78 is 28.0. The monoisotopic (exact) mass is 502 g/mol. The Morgan fingerprint density at radius 1 is 1.26 bits per heavy atom. The zero-order chi connectivity index (χ0) is 25.0. The number of thiophene rings is 1. The van der Waals surface area contributed by atoms with Crippen LogP contribution in [0.3, 0.4) is 0 Å². The third-order valence-corrected chi connectivity index (χ3v) is 7.34. The van der Waals surface area contributed by atoms with Crippen molar-refractivity contribution < 1.29 is 23.5 Å². The summed E-state index contributed by atoms with van der Waals surface area (Å²) in [4.78, 5) is 33.9. The van der Waals surface area contributed by atoms with Crippen molar-refractivity contribution in [3.05, 3.63) is 58.5 Å². The van der Waals surface area contributed by atoms with Crippen molar-refractivity contribution in [3.8, 4) is 0 Å². The number of carbonyl (C=O) groups is 2. The first-order valence-corrected chi connectivity index (χ1v) is 12.5. The number of carbonyl (C=O) groups excluding carboxylic acids is 2. The number of aliphatic hydroxyl groups excluding tert-OH is 1. The molecule has 4 N–H and O–H groups in total. The van der Waals surface area contributed by atoms with Gasteiger partial charge < -0.3 is 16.2 Å². The Labute approximate surface area is 205 Å². The highest BCUT2D eigenvalue weighted by molar-refractivity contribution is 7.07. The number of hydrogen-bond acceptors (Lipinski definition) is 6. The molecule has 1 aliphatic rings. The number of fused-ring (bicyclic) bond motifs is 1. The lowest BCUT2D eigenvalue weighted by atomic mass is 9.75. The number of hydrogen-bond donors (Lipinski definition) is 3. The maximum absolute atomic E-state index is 14.0. The molecular weight excluding hydrogens is 474 g/mol. The SMILES string of the molecule is NC(=O)C(CC(O)C(Cc1ccsc1)NC(=O)c1cnc2ccccc2n1)C1CCCC(F)(F)C1. The Hall–Kier alpha value is -2.98. The van der Waals surface area contributed by atoms with E-state index in [1.807, 2.05) is 22.9 Å². The molecule has 4 unspecified atom stereocenters. The van der Waals surface area contributed by atoms with E-state index in [4.69, 9.17) is 5.73 Å². The highest BCUT2D eigenvalue weighted by atomic mass is 32.1. The van der Waals surface area contributed by atoms with Gasteiger partial charge in [0, 0.05) is 18.8 Å². The Kier molecular flexibility index (Phi) is 7.71. The van der Waals surface area contributed by atoms with Crippen LogP contribution in [-0.4, -0.2) is 45.0 Å². The fourth-order valence-corrected chi connectivity index (χ4v) is 5.46. The topological polar surface area (TPSA) is 118 Å². The number of para-hydroxylation sites is 2. The van der Waals surface area contributed by atoms with Gasteiger partial charge in [0.05, 0.1) is 29.4 Å². The second-order valence-electron chi connectivity index (χ2n) is 9.18. The molecule has 35 heavy (non-hydrogen) atoms. The lowest BCUT2D eigenvalue weighted by Gasteiger charge is -2.35. The van der Waals surface area contributed by atoms with Crippen LogP contribution < -0.4 is 11.1 Å². The summed E-state index contributed by atoms with van der Waals surface area (Å²) in [6.45, 7) is 0. The van der Waals surface area contributed by atoms with Crippen LogP contribution in [0.25, 0.3) is 11.0 Å². The van der Waals surface area contributed by atoms with Gasteiger partial charge in [-0.1, -0.05) is 12.1 Å². The molecular formula is C25H28F2N4O3S. The van der Waals surface area contributed by atoms with E-state index in [2.05, 4.69) is 15.3 Å².